The summed E-state index contributed by atoms with van der Waals surface area (Å²) in [4.78, 5) is 3.28. The molecule has 1 heterocycles. The van der Waals surface area contributed by atoms with Gasteiger partial charge in [-0.25, -0.2) is 0 Å². The van der Waals surface area contributed by atoms with E-state index in [0.717, 1.165) is 23.9 Å². The average molecular weight is 240 g/mol. The second-order valence-corrected chi connectivity index (χ2v) is 5.08. The topological polar surface area (TPSA) is 59.8 Å². The van der Waals surface area contributed by atoms with Crippen molar-refractivity contribution in [1.29, 1.82) is 5.26 Å². The Balaban J connectivity index is 1.87. The third-order valence-corrected chi connectivity index (χ3v) is 3.90. The molecule has 2 N–H and O–H groups in total. The number of nitrogens with zero attached hydrogens (tertiary/aromatic N) is 1. The first-order chi connectivity index (χ1) is 8.83. The number of aromatic nitrogens is 1. The molecule has 0 saturated heterocycles. The van der Waals surface area contributed by atoms with Gasteiger partial charge in [0, 0.05) is 23.7 Å². The highest BCUT2D eigenvalue weighted by atomic mass is 16.2. The molecule has 0 radical (unpaired) electrons. The van der Waals surface area contributed by atoms with Crippen LogP contribution in [-0.2, 0) is 0 Å². The number of aromatic amines is 1. The van der Waals surface area contributed by atoms with E-state index in [0.29, 0.717) is 11.8 Å². The molecule has 1 saturated carbocycles. The van der Waals surface area contributed by atoms with Gasteiger partial charge in [-0.15, -0.1) is 0 Å². The van der Waals surface area contributed by atoms with Crippen LogP contribution in [0.5, 0.6) is 0 Å². The fraction of sp³-hybridized carbons (Fsp3) is 0.400. The third-order valence-electron chi connectivity index (χ3n) is 3.90. The number of aliphatic hydroxyl groups is 1. The maximum atomic E-state index is 8.96. The number of hydrogen-bond acceptors (Lipinski definition) is 2. The van der Waals surface area contributed by atoms with Gasteiger partial charge in [-0.2, -0.15) is 5.26 Å². The number of fused-ring (bicyclic) bond motifs is 1. The molecule has 1 aromatic heterocycles. The number of aliphatic hydroxyl groups excluding tert-OH is 1. The van der Waals surface area contributed by atoms with Crippen LogP contribution in [0.15, 0.2) is 24.4 Å². The summed E-state index contributed by atoms with van der Waals surface area (Å²) in [5, 5.41) is 19.0. The summed E-state index contributed by atoms with van der Waals surface area (Å²) in [5.41, 5.74) is 3.16. The second-order valence-electron chi connectivity index (χ2n) is 5.08. The van der Waals surface area contributed by atoms with E-state index in [-0.39, 0.29) is 6.61 Å². The standard InChI is InChI=1S/C15H16N2O/c16-8-10-3-4-15-13(6-10)14(9-17-15)12-7-11(12)2-1-5-18/h3-4,6,9,11-12,17-18H,1-2,5,7H2/t11-,12-/m1/s1. The highest BCUT2D eigenvalue weighted by Gasteiger charge is 2.38. The first kappa shape index (κ1) is 11.3. The summed E-state index contributed by atoms with van der Waals surface area (Å²) >= 11 is 0. The lowest BCUT2D eigenvalue weighted by atomic mass is 10.0. The summed E-state index contributed by atoms with van der Waals surface area (Å²) in [6.45, 7) is 0.287. The normalized spacial score (nSPS) is 22.0. The lowest BCUT2D eigenvalue weighted by Gasteiger charge is -1.99. The van der Waals surface area contributed by atoms with Crippen molar-refractivity contribution >= 4 is 10.9 Å². The van der Waals surface area contributed by atoms with Crippen molar-refractivity contribution in [3.8, 4) is 6.07 Å². The average Bonchev–Trinajstić information content (AvgIpc) is 3.05. The zero-order chi connectivity index (χ0) is 12.5. The Hall–Kier alpha value is -1.79. The zero-order valence-electron chi connectivity index (χ0n) is 10.2. The number of H-pyrrole nitrogens is 1. The van der Waals surface area contributed by atoms with Crippen LogP contribution in [0.25, 0.3) is 10.9 Å². The van der Waals surface area contributed by atoms with Gasteiger partial charge in [-0.3, -0.25) is 0 Å². The monoisotopic (exact) mass is 240 g/mol. The number of benzene rings is 1. The Kier molecular flexibility index (Phi) is 2.81. The molecular formula is C15H16N2O. The largest absolute Gasteiger partial charge is 0.396 e. The molecular weight excluding hydrogens is 224 g/mol. The van der Waals surface area contributed by atoms with E-state index in [9.17, 15) is 0 Å². The minimum absolute atomic E-state index is 0.287. The van der Waals surface area contributed by atoms with Crippen LogP contribution in [-0.4, -0.2) is 16.7 Å². The molecule has 1 aliphatic rings. The lowest BCUT2D eigenvalue weighted by Crippen LogP contribution is -1.87. The van der Waals surface area contributed by atoms with Crippen LogP contribution in [0.2, 0.25) is 0 Å². The summed E-state index contributed by atoms with van der Waals surface area (Å²) in [6.07, 6.45) is 5.29. The summed E-state index contributed by atoms with van der Waals surface area (Å²) < 4.78 is 0. The third kappa shape index (κ3) is 1.89. The lowest BCUT2D eigenvalue weighted by molar-refractivity contribution is 0.281. The molecule has 1 fully saturated rings. The van der Waals surface area contributed by atoms with Crippen molar-refractivity contribution in [1.82, 2.24) is 4.98 Å². The Morgan fingerprint density at radius 2 is 2.33 bits per heavy atom. The van der Waals surface area contributed by atoms with E-state index < -0.39 is 0 Å². The molecule has 92 valence electrons. The Morgan fingerprint density at radius 3 is 3.11 bits per heavy atom. The van der Waals surface area contributed by atoms with Gasteiger partial charge in [0.2, 0.25) is 0 Å². The summed E-state index contributed by atoms with van der Waals surface area (Å²) in [7, 11) is 0. The molecule has 0 aliphatic heterocycles. The van der Waals surface area contributed by atoms with E-state index in [1.807, 2.05) is 18.2 Å². The van der Waals surface area contributed by atoms with Crippen LogP contribution in [0, 0.1) is 17.2 Å². The van der Waals surface area contributed by atoms with Crippen molar-refractivity contribution in [3.05, 3.63) is 35.5 Å². The van der Waals surface area contributed by atoms with E-state index in [2.05, 4.69) is 17.3 Å². The Labute approximate surface area is 106 Å². The molecule has 2 aromatic rings. The highest BCUT2D eigenvalue weighted by molar-refractivity contribution is 5.85. The van der Waals surface area contributed by atoms with Crippen LogP contribution in [0.4, 0.5) is 0 Å². The molecule has 1 aliphatic carbocycles. The Morgan fingerprint density at radius 1 is 1.44 bits per heavy atom. The molecule has 0 amide bonds. The number of hydrogen-bond donors (Lipinski definition) is 2. The van der Waals surface area contributed by atoms with Crippen LogP contribution in [0.3, 0.4) is 0 Å². The van der Waals surface area contributed by atoms with E-state index in [1.165, 1.54) is 17.4 Å². The van der Waals surface area contributed by atoms with Gasteiger partial charge < -0.3 is 10.1 Å². The number of nitrogens with one attached hydrogen (secondary N) is 1. The molecule has 0 spiro atoms. The summed E-state index contributed by atoms with van der Waals surface area (Å²) in [6, 6.07) is 7.99. The predicted molar refractivity (Wildman–Crippen MR) is 70.2 cm³/mol. The molecule has 1 aromatic carbocycles. The zero-order valence-corrected chi connectivity index (χ0v) is 10.2. The van der Waals surface area contributed by atoms with Crippen LogP contribution in [0.1, 0.15) is 36.3 Å². The first-order valence-corrected chi connectivity index (χ1v) is 6.45. The van der Waals surface area contributed by atoms with Crippen molar-refractivity contribution in [2.45, 2.75) is 25.2 Å². The van der Waals surface area contributed by atoms with Gasteiger partial charge in [0.25, 0.3) is 0 Å². The number of nitriles is 1. The van der Waals surface area contributed by atoms with E-state index in [1.54, 1.807) is 0 Å². The van der Waals surface area contributed by atoms with Crippen LogP contribution >= 0.6 is 0 Å². The van der Waals surface area contributed by atoms with Crippen molar-refractivity contribution in [2.24, 2.45) is 5.92 Å². The maximum absolute atomic E-state index is 8.96. The van der Waals surface area contributed by atoms with E-state index >= 15 is 0 Å². The minimum Gasteiger partial charge on any atom is -0.396 e. The van der Waals surface area contributed by atoms with Crippen molar-refractivity contribution < 1.29 is 5.11 Å². The fourth-order valence-corrected chi connectivity index (χ4v) is 2.82. The molecule has 3 heteroatoms. The van der Waals surface area contributed by atoms with Crippen molar-refractivity contribution in [2.75, 3.05) is 6.61 Å². The van der Waals surface area contributed by atoms with Gasteiger partial charge in [0.1, 0.15) is 0 Å². The van der Waals surface area contributed by atoms with Gasteiger partial charge in [-0.05, 0) is 54.9 Å². The summed E-state index contributed by atoms with van der Waals surface area (Å²) in [5.74, 6) is 1.32. The minimum atomic E-state index is 0.287. The van der Waals surface area contributed by atoms with Gasteiger partial charge in [0.15, 0.2) is 0 Å². The van der Waals surface area contributed by atoms with Gasteiger partial charge in [0.05, 0.1) is 11.6 Å². The molecule has 0 bridgehead atoms. The van der Waals surface area contributed by atoms with E-state index in [4.69, 9.17) is 10.4 Å². The van der Waals surface area contributed by atoms with Crippen molar-refractivity contribution in [3.63, 3.8) is 0 Å². The SMILES string of the molecule is N#Cc1ccc2[nH]cc([C@@H]3C[C@H]3CCCO)c2c1. The number of rotatable bonds is 4. The van der Waals surface area contributed by atoms with Gasteiger partial charge >= 0.3 is 0 Å². The molecule has 18 heavy (non-hydrogen) atoms. The molecule has 2 atom stereocenters. The quantitative estimate of drug-likeness (QED) is 0.863. The molecule has 3 nitrogen and oxygen atoms in total. The maximum Gasteiger partial charge on any atom is 0.0991 e. The van der Waals surface area contributed by atoms with Gasteiger partial charge in [-0.1, -0.05) is 0 Å². The fourth-order valence-electron chi connectivity index (χ4n) is 2.82. The molecule has 3 rings (SSSR count). The smallest absolute Gasteiger partial charge is 0.0991 e. The molecule has 0 unspecified atom stereocenters. The predicted octanol–water partition coefficient (Wildman–Crippen LogP) is 2.92. The second kappa shape index (κ2) is 4.47. The van der Waals surface area contributed by atoms with Crippen LogP contribution < -0.4 is 0 Å². The Bertz CT molecular complexity index is 608. The highest BCUT2D eigenvalue weighted by Crippen LogP contribution is 2.51. The first-order valence-electron chi connectivity index (χ1n) is 6.45.